The van der Waals surface area contributed by atoms with E-state index in [4.69, 9.17) is 4.74 Å². The van der Waals surface area contributed by atoms with E-state index in [1.165, 1.54) is 24.3 Å². The topological polar surface area (TPSA) is 92.8 Å². The summed E-state index contributed by atoms with van der Waals surface area (Å²) >= 11 is 0. The Bertz CT molecular complexity index is 1090. The van der Waals surface area contributed by atoms with Crippen LogP contribution in [0.2, 0.25) is 0 Å². The Morgan fingerprint density at radius 2 is 1.66 bits per heavy atom. The highest BCUT2D eigenvalue weighted by Crippen LogP contribution is 2.25. The quantitative estimate of drug-likeness (QED) is 0.628. The number of nitrogens with zero attached hydrogens (tertiary/aromatic N) is 1. The molecule has 2 aromatic rings. The second-order valence-corrected chi connectivity index (χ2v) is 9.20. The van der Waals surface area contributed by atoms with Crippen LogP contribution in [0.5, 0.6) is 0 Å². The zero-order valence-corrected chi connectivity index (χ0v) is 17.7. The van der Waals surface area contributed by atoms with Gasteiger partial charge in [0.15, 0.2) is 18.2 Å². The minimum Gasteiger partial charge on any atom is -0.455 e. The number of carbonyl (C=O) groups excluding carboxylic acids is 2. The van der Waals surface area contributed by atoms with Crippen molar-refractivity contribution in [1.29, 1.82) is 0 Å². The highest BCUT2D eigenvalue weighted by molar-refractivity contribution is 7.89. The van der Waals surface area contributed by atoms with Gasteiger partial charge in [0.25, 0.3) is 5.91 Å². The fraction of sp³-hybridized carbons (Fsp3) is 0.333. The number of amides is 1. The van der Waals surface area contributed by atoms with E-state index in [0.29, 0.717) is 11.6 Å². The molecule has 0 radical (unpaired) electrons. The first kappa shape index (κ1) is 23.7. The molecule has 0 unspecified atom stereocenters. The van der Waals surface area contributed by atoms with Crippen molar-refractivity contribution in [2.75, 3.05) is 19.7 Å². The molecule has 0 aromatic heterocycles. The summed E-state index contributed by atoms with van der Waals surface area (Å²) in [6.45, 7) is -0.347. The maximum atomic E-state index is 13.4. The molecule has 0 saturated carbocycles. The second kappa shape index (κ2) is 10.1. The standard InChI is InChI=1S/C21H21F3N2O5S/c22-16-3-1-14(2-4-16)12-25-20(27)13-31-21(28)15-7-9-26(10-8-15)32(29,30)17-5-6-18(23)19(24)11-17/h1-6,11,15H,7-10,12-13H2,(H,25,27). The van der Waals surface area contributed by atoms with Crippen LogP contribution in [0.15, 0.2) is 47.4 Å². The van der Waals surface area contributed by atoms with Gasteiger partial charge < -0.3 is 10.1 Å². The van der Waals surface area contributed by atoms with Crippen molar-refractivity contribution >= 4 is 21.9 Å². The molecular formula is C21H21F3N2O5S. The summed E-state index contributed by atoms with van der Waals surface area (Å²) in [5.41, 5.74) is 0.681. The van der Waals surface area contributed by atoms with E-state index in [2.05, 4.69) is 5.32 Å². The predicted molar refractivity (Wildman–Crippen MR) is 107 cm³/mol. The largest absolute Gasteiger partial charge is 0.455 e. The van der Waals surface area contributed by atoms with Crippen LogP contribution < -0.4 is 5.32 Å². The summed E-state index contributed by atoms with van der Waals surface area (Å²) in [4.78, 5) is 23.7. The monoisotopic (exact) mass is 470 g/mol. The number of benzene rings is 2. The number of hydrogen-bond donors (Lipinski definition) is 1. The van der Waals surface area contributed by atoms with E-state index >= 15 is 0 Å². The number of esters is 1. The first-order chi connectivity index (χ1) is 15.2. The summed E-state index contributed by atoms with van der Waals surface area (Å²) < 4.78 is 70.6. The Kier molecular flexibility index (Phi) is 7.52. The molecule has 2 aromatic carbocycles. The van der Waals surface area contributed by atoms with Crippen molar-refractivity contribution in [3.63, 3.8) is 0 Å². The minimum absolute atomic E-state index is 0.00212. The lowest BCUT2D eigenvalue weighted by Gasteiger charge is -2.30. The molecular weight excluding hydrogens is 449 g/mol. The SMILES string of the molecule is O=C(COC(=O)C1CCN(S(=O)(=O)c2ccc(F)c(F)c2)CC1)NCc1ccc(F)cc1. The van der Waals surface area contributed by atoms with Gasteiger partial charge in [-0.05, 0) is 48.7 Å². The average molecular weight is 470 g/mol. The van der Waals surface area contributed by atoms with Crippen LogP contribution in [-0.4, -0.2) is 44.3 Å². The van der Waals surface area contributed by atoms with E-state index < -0.39 is 51.9 Å². The van der Waals surface area contributed by atoms with Crippen molar-refractivity contribution in [3.8, 4) is 0 Å². The lowest BCUT2D eigenvalue weighted by Crippen LogP contribution is -2.41. The molecule has 0 aliphatic carbocycles. The van der Waals surface area contributed by atoms with Gasteiger partial charge in [-0.15, -0.1) is 0 Å². The van der Waals surface area contributed by atoms with Crippen LogP contribution in [0.4, 0.5) is 13.2 Å². The molecule has 0 atom stereocenters. The summed E-state index contributed by atoms with van der Waals surface area (Å²) in [5, 5.41) is 2.55. The number of sulfonamides is 1. The lowest BCUT2D eigenvalue weighted by atomic mass is 9.98. The second-order valence-electron chi connectivity index (χ2n) is 7.27. The molecule has 1 fully saturated rings. The first-order valence-corrected chi connectivity index (χ1v) is 11.2. The summed E-state index contributed by atoms with van der Waals surface area (Å²) in [7, 11) is -4.03. The van der Waals surface area contributed by atoms with E-state index in [0.717, 1.165) is 16.4 Å². The van der Waals surface area contributed by atoms with Crippen molar-refractivity contribution in [2.24, 2.45) is 5.92 Å². The summed E-state index contributed by atoms with van der Waals surface area (Å²) in [6, 6.07) is 7.91. The fourth-order valence-electron chi connectivity index (χ4n) is 3.23. The molecule has 1 heterocycles. The van der Waals surface area contributed by atoms with Gasteiger partial charge in [-0.25, -0.2) is 21.6 Å². The molecule has 1 N–H and O–H groups in total. The molecule has 172 valence electrons. The van der Waals surface area contributed by atoms with Gasteiger partial charge in [0.1, 0.15) is 5.82 Å². The smallest absolute Gasteiger partial charge is 0.309 e. The van der Waals surface area contributed by atoms with Crippen molar-refractivity contribution in [3.05, 3.63) is 65.5 Å². The van der Waals surface area contributed by atoms with Crippen LogP contribution in [-0.2, 0) is 30.9 Å². The third kappa shape index (κ3) is 5.86. The Morgan fingerprint density at radius 3 is 2.28 bits per heavy atom. The van der Waals surface area contributed by atoms with Gasteiger partial charge in [-0.1, -0.05) is 12.1 Å². The number of hydrogen-bond acceptors (Lipinski definition) is 5. The molecule has 1 saturated heterocycles. The first-order valence-electron chi connectivity index (χ1n) is 9.80. The molecule has 7 nitrogen and oxygen atoms in total. The van der Waals surface area contributed by atoms with E-state index in [1.54, 1.807) is 0 Å². The third-order valence-corrected chi connectivity index (χ3v) is 6.96. The fourth-order valence-corrected chi connectivity index (χ4v) is 4.71. The maximum absolute atomic E-state index is 13.4. The zero-order chi connectivity index (χ0) is 23.3. The van der Waals surface area contributed by atoms with Gasteiger partial charge in [0.2, 0.25) is 10.0 Å². The highest BCUT2D eigenvalue weighted by atomic mass is 32.2. The van der Waals surface area contributed by atoms with Crippen LogP contribution in [0.1, 0.15) is 18.4 Å². The molecule has 0 spiro atoms. The highest BCUT2D eigenvalue weighted by Gasteiger charge is 2.33. The Balaban J connectivity index is 1.45. The van der Waals surface area contributed by atoms with Gasteiger partial charge in [-0.3, -0.25) is 9.59 Å². The zero-order valence-electron chi connectivity index (χ0n) is 16.9. The molecule has 1 aliphatic rings. The van der Waals surface area contributed by atoms with E-state index in [-0.39, 0.29) is 37.4 Å². The van der Waals surface area contributed by atoms with E-state index in [1.807, 2.05) is 0 Å². The third-order valence-electron chi connectivity index (χ3n) is 5.06. The molecule has 3 rings (SSSR count). The Hall–Kier alpha value is -2.92. The normalized spacial score (nSPS) is 15.3. The number of piperidine rings is 1. The van der Waals surface area contributed by atoms with Crippen molar-refractivity contribution < 1.29 is 35.9 Å². The number of halogens is 3. The van der Waals surface area contributed by atoms with Gasteiger partial charge in [-0.2, -0.15) is 4.31 Å². The molecule has 32 heavy (non-hydrogen) atoms. The summed E-state index contributed by atoms with van der Waals surface area (Å²) in [5.74, 6) is -4.53. The molecule has 1 amide bonds. The van der Waals surface area contributed by atoms with Crippen molar-refractivity contribution in [2.45, 2.75) is 24.3 Å². The van der Waals surface area contributed by atoms with Crippen LogP contribution >= 0.6 is 0 Å². The van der Waals surface area contributed by atoms with Gasteiger partial charge in [0, 0.05) is 19.6 Å². The van der Waals surface area contributed by atoms with Crippen molar-refractivity contribution in [1.82, 2.24) is 9.62 Å². The summed E-state index contributed by atoms with van der Waals surface area (Å²) in [6.07, 6.45) is 0.331. The van der Waals surface area contributed by atoms with Gasteiger partial charge in [0.05, 0.1) is 10.8 Å². The molecule has 0 bridgehead atoms. The number of ether oxygens (including phenoxy) is 1. The van der Waals surface area contributed by atoms with E-state index in [9.17, 15) is 31.2 Å². The number of rotatable bonds is 7. The number of nitrogens with one attached hydrogen (secondary N) is 1. The minimum atomic E-state index is -4.03. The van der Waals surface area contributed by atoms with Crippen LogP contribution in [0.25, 0.3) is 0 Å². The maximum Gasteiger partial charge on any atom is 0.309 e. The predicted octanol–water partition coefficient (Wildman–Crippen LogP) is 2.36. The Morgan fingerprint density at radius 1 is 1.00 bits per heavy atom. The lowest BCUT2D eigenvalue weighted by molar-refractivity contribution is -0.153. The Labute approximate surface area is 183 Å². The van der Waals surface area contributed by atoms with Crippen LogP contribution in [0, 0.1) is 23.4 Å². The number of carbonyl (C=O) groups is 2. The molecule has 11 heteroatoms. The van der Waals surface area contributed by atoms with Crippen LogP contribution in [0.3, 0.4) is 0 Å². The van der Waals surface area contributed by atoms with Gasteiger partial charge >= 0.3 is 5.97 Å². The molecule has 1 aliphatic heterocycles. The average Bonchev–Trinajstić information content (AvgIpc) is 2.79.